The maximum absolute atomic E-state index is 12.3. The monoisotopic (exact) mass is 360 g/mol. The van der Waals surface area contributed by atoms with Crippen molar-refractivity contribution >= 4 is 23.2 Å². The molecular formula is C18H17ClN2O4. The maximum Gasteiger partial charge on any atom is 0.288 e. The number of nitro groups is 1. The van der Waals surface area contributed by atoms with Gasteiger partial charge in [-0.15, -0.1) is 0 Å². The number of fused-ring (bicyclic) bond motifs is 1. The van der Waals surface area contributed by atoms with Gasteiger partial charge in [-0.25, -0.2) is 0 Å². The van der Waals surface area contributed by atoms with Crippen LogP contribution in [0.4, 0.5) is 5.69 Å². The van der Waals surface area contributed by atoms with Gasteiger partial charge in [0, 0.05) is 24.6 Å². The van der Waals surface area contributed by atoms with Crippen LogP contribution in [-0.2, 0) is 12.8 Å². The van der Waals surface area contributed by atoms with Crippen LogP contribution < -0.4 is 5.32 Å². The number of hydrogen-bond donors (Lipinski definition) is 2. The molecule has 7 heteroatoms. The van der Waals surface area contributed by atoms with E-state index in [1.54, 1.807) is 0 Å². The van der Waals surface area contributed by atoms with E-state index in [1.165, 1.54) is 17.7 Å². The Kier molecular flexibility index (Phi) is 4.74. The van der Waals surface area contributed by atoms with Gasteiger partial charge in [-0.2, -0.15) is 0 Å². The molecule has 0 fully saturated rings. The smallest absolute Gasteiger partial charge is 0.288 e. The first-order valence-corrected chi connectivity index (χ1v) is 8.27. The Morgan fingerprint density at radius 2 is 2.00 bits per heavy atom. The summed E-state index contributed by atoms with van der Waals surface area (Å²) in [5.74, 6) is -0.480. The molecule has 0 aliphatic heterocycles. The van der Waals surface area contributed by atoms with Gasteiger partial charge in [-0.3, -0.25) is 14.9 Å². The Balaban J connectivity index is 1.69. The fourth-order valence-electron chi connectivity index (χ4n) is 3.08. The van der Waals surface area contributed by atoms with E-state index in [4.69, 9.17) is 11.6 Å². The molecule has 2 aromatic rings. The molecule has 0 saturated heterocycles. The van der Waals surface area contributed by atoms with Gasteiger partial charge in [0.2, 0.25) is 0 Å². The first-order chi connectivity index (χ1) is 11.9. The number of carbonyl (C=O) groups is 1. The molecule has 25 heavy (non-hydrogen) atoms. The highest BCUT2D eigenvalue weighted by molar-refractivity contribution is 6.32. The molecule has 1 atom stereocenters. The molecule has 0 saturated carbocycles. The number of hydrogen-bond acceptors (Lipinski definition) is 4. The normalized spacial score (nSPS) is 19.1. The summed E-state index contributed by atoms with van der Waals surface area (Å²) >= 11 is 5.75. The first kappa shape index (κ1) is 17.4. The summed E-state index contributed by atoms with van der Waals surface area (Å²) in [6, 6.07) is 11.8. The third-order valence-corrected chi connectivity index (χ3v) is 4.80. The Morgan fingerprint density at radius 1 is 1.28 bits per heavy atom. The summed E-state index contributed by atoms with van der Waals surface area (Å²) in [6.45, 7) is 0.0800. The van der Waals surface area contributed by atoms with Crippen molar-refractivity contribution in [1.29, 1.82) is 0 Å². The quantitative estimate of drug-likeness (QED) is 0.647. The Morgan fingerprint density at radius 3 is 2.72 bits per heavy atom. The first-order valence-electron chi connectivity index (χ1n) is 7.89. The number of nitrogens with one attached hydrogen (secondary N) is 1. The minimum absolute atomic E-state index is 0.0240. The molecule has 0 aromatic heterocycles. The van der Waals surface area contributed by atoms with Crippen molar-refractivity contribution in [2.24, 2.45) is 0 Å². The number of halogens is 1. The fraction of sp³-hybridized carbons (Fsp3) is 0.278. The molecule has 1 aliphatic rings. The fourth-order valence-corrected chi connectivity index (χ4v) is 3.26. The van der Waals surface area contributed by atoms with Gasteiger partial charge in [0.15, 0.2) is 0 Å². The standard InChI is InChI=1S/C18H17ClN2O4/c19-15-6-5-13(9-16(15)21(24)25)17(22)20-11-18(23)8-7-12-3-1-2-4-14(12)10-18/h1-6,9,23H,7-8,10-11H2,(H,20,22). The predicted molar refractivity (Wildman–Crippen MR) is 93.9 cm³/mol. The molecular weight excluding hydrogens is 344 g/mol. The van der Waals surface area contributed by atoms with E-state index in [9.17, 15) is 20.0 Å². The average molecular weight is 361 g/mol. The second-order valence-electron chi connectivity index (χ2n) is 6.28. The summed E-state index contributed by atoms with van der Waals surface area (Å²) in [5.41, 5.74) is 1.08. The van der Waals surface area contributed by atoms with Crippen LogP contribution in [0.2, 0.25) is 5.02 Å². The van der Waals surface area contributed by atoms with Crippen molar-refractivity contribution in [1.82, 2.24) is 5.32 Å². The van der Waals surface area contributed by atoms with Crippen molar-refractivity contribution in [2.45, 2.75) is 24.9 Å². The van der Waals surface area contributed by atoms with Gasteiger partial charge in [-0.05, 0) is 36.1 Å². The van der Waals surface area contributed by atoms with Gasteiger partial charge >= 0.3 is 0 Å². The molecule has 0 radical (unpaired) electrons. The Hall–Kier alpha value is -2.44. The van der Waals surface area contributed by atoms with Crippen molar-refractivity contribution in [3.05, 3.63) is 74.3 Å². The van der Waals surface area contributed by atoms with Crippen LogP contribution in [0.25, 0.3) is 0 Å². The van der Waals surface area contributed by atoms with Crippen LogP contribution in [-0.4, -0.2) is 28.1 Å². The number of aryl methyl sites for hydroxylation is 1. The number of benzene rings is 2. The number of aliphatic hydroxyl groups is 1. The van der Waals surface area contributed by atoms with Gasteiger partial charge in [-0.1, -0.05) is 35.9 Å². The zero-order valence-corrected chi connectivity index (χ0v) is 14.1. The third kappa shape index (κ3) is 3.81. The van der Waals surface area contributed by atoms with Crippen molar-refractivity contribution < 1.29 is 14.8 Å². The molecule has 1 aliphatic carbocycles. The molecule has 2 N–H and O–H groups in total. The molecule has 0 heterocycles. The molecule has 130 valence electrons. The lowest BCUT2D eigenvalue weighted by Gasteiger charge is -2.33. The Labute approximate surface area is 149 Å². The lowest BCUT2D eigenvalue weighted by molar-refractivity contribution is -0.384. The highest BCUT2D eigenvalue weighted by atomic mass is 35.5. The second-order valence-corrected chi connectivity index (χ2v) is 6.68. The molecule has 0 bridgehead atoms. The SMILES string of the molecule is O=C(NCC1(O)CCc2ccccc2C1)c1ccc(Cl)c([N+](=O)[O-])c1. The van der Waals surface area contributed by atoms with Gasteiger partial charge in [0.25, 0.3) is 11.6 Å². The highest BCUT2D eigenvalue weighted by Gasteiger charge is 2.32. The zero-order chi connectivity index (χ0) is 18.0. The van der Waals surface area contributed by atoms with E-state index in [0.717, 1.165) is 18.1 Å². The third-order valence-electron chi connectivity index (χ3n) is 4.48. The van der Waals surface area contributed by atoms with Crippen molar-refractivity contribution in [3.8, 4) is 0 Å². The summed E-state index contributed by atoms with van der Waals surface area (Å²) in [6.07, 6.45) is 1.75. The van der Waals surface area contributed by atoms with Crippen molar-refractivity contribution in [2.75, 3.05) is 6.54 Å². The molecule has 6 nitrogen and oxygen atoms in total. The average Bonchev–Trinajstić information content (AvgIpc) is 2.60. The van der Waals surface area contributed by atoms with E-state index < -0.39 is 16.4 Å². The maximum atomic E-state index is 12.3. The number of nitrogens with zero attached hydrogens (tertiary/aromatic N) is 1. The minimum Gasteiger partial charge on any atom is -0.388 e. The summed E-state index contributed by atoms with van der Waals surface area (Å²) in [5, 5.41) is 24.3. The number of rotatable bonds is 4. The summed E-state index contributed by atoms with van der Waals surface area (Å²) < 4.78 is 0. The number of amides is 1. The number of nitro benzene ring substituents is 1. The lowest BCUT2D eigenvalue weighted by Crippen LogP contribution is -2.46. The van der Waals surface area contributed by atoms with E-state index >= 15 is 0 Å². The summed E-state index contributed by atoms with van der Waals surface area (Å²) in [4.78, 5) is 22.6. The van der Waals surface area contributed by atoms with E-state index in [-0.39, 0.29) is 22.8 Å². The van der Waals surface area contributed by atoms with Gasteiger partial charge in [0.05, 0.1) is 10.5 Å². The van der Waals surface area contributed by atoms with Gasteiger partial charge < -0.3 is 10.4 Å². The molecule has 0 spiro atoms. The molecule has 1 unspecified atom stereocenters. The topological polar surface area (TPSA) is 92.5 Å². The van der Waals surface area contributed by atoms with Crippen LogP contribution >= 0.6 is 11.6 Å². The van der Waals surface area contributed by atoms with Crippen molar-refractivity contribution in [3.63, 3.8) is 0 Å². The summed E-state index contributed by atoms with van der Waals surface area (Å²) in [7, 11) is 0. The minimum atomic E-state index is -1.03. The number of carbonyl (C=O) groups excluding carboxylic acids is 1. The molecule has 3 rings (SSSR count). The lowest BCUT2D eigenvalue weighted by atomic mass is 9.80. The predicted octanol–water partition coefficient (Wildman–Crippen LogP) is 2.90. The van der Waals surface area contributed by atoms with Crippen LogP contribution in [0.5, 0.6) is 0 Å². The van der Waals surface area contributed by atoms with Crippen LogP contribution in [0, 0.1) is 10.1 Å². The van der Waals surface area contributed by atoms with E-state index in [1.807, 2.05) is 24.3 Å². The van der Waals surface area contributed by atoms with Crippen LogP contribution in [0.1, 0.15) is 27.9 Å². The highest BCUT2D eigenvalue weighted by Crippen LogP contribution is 2.29. The van der Waals surface area contributed by atoms with Crippen LogP contribution in [0.3, 0.4) is 0 Å². The largest absolute Gasteiger partial charge is 0.388 e. The van der Waals surface area contributed by atoms with Crippen LogP contribution in [0.15, 0.2) is 42.5 Å². The molecule has 1 amide bonds. The second kappa shape index (κ2) is 6.82. The van der Waals surface area contributed by atoms with Gasteiger partial charge in [0.1, 0.15) is 5.02 Å². The van der Waals surface area contributed by atoms with E-state index in [2.05, 4.69) is 5.32 Å². The zero-order valence-electron chi connectivity index (χ0n) is 13.4. The Bertz CT molecular complexity index is 840. The van der Waals surface area contributed by atoms with E-state index in [0.29, 0.717) is 12.8 Å². The molecule has 2 aromatic carbocycles.